The Morgan fingerprint density at radius 1 is 1.20 bits per heavy atom. The third-order valence-corrected chi connectivity index (χ3v) is 6.99. The number of nitrogens with zero attached hydrogens (tertiary/aromatic N) is 5. The van der Waals surface area contributed by atoms with Gasteiger partial charge in [0.15, 0.2) is 17.4 Å². The Bertz CT molecular complexity index is 1420. The Morgan fingerprint density at radius 2 is 2.05 bits per heavy atom. The summed E-state index contributed by atoms with van der Waals surface area (Å²) in [7, 11) is 0. The maximum atomic E-state index is 13.5. The summed E-state index contributed by atoms with van der Waals surface area (Å²) in [5.41, 5.74) is 0.0649. The van der Waals surface area contributed by atoms with Gasteiger partial charge in [-0.05, 0) is 44.5 Å². The summed E-state index contributed by atoms with van der Waals surface area (Å²) in [6, 6.07) is 7.55. The summed E-state index contributed by atoms with van der Waals surface area (Å²) in [5.74, 6) is 0.635. The Kier molecular flexibility index (Phi) is 6.50. The minimum absolute atomic E-state index is 0.102. The van der Waals surface area contributed by atoms with E-state index in [-0.39, 0.29) is 23.5 Å². The van der Waals surface area contributed by atoms with E-state index in [1.807, 2.05) is 13.8 Å². The Hall–Kier alpha value is -3.97. The van der Waals surface area contributed by atoms with E-state index in [1.54, 1.807) is 23.2 Å². The Labute approximate surface area is 228 Å². The van der Waals surface area contributed by atoms with Crippen LogP contribution in [-0.2, 0) is 15.7 Å². The smallest absolute Gasteiger partial charge is 0.416 e. The molecule has 3 aliphatic heterocycles. The number of ether oxygens (including phenoxy) is 3. The zero-order chi connectivity index (χ0) is 28.1. The van der Waals surface area contributed by atoms with E-state index in [0.29, 0.717) is 55.8 Å². The molecule has 0 spiro atoms. The van der Waals surface area contributed by atoms with Gasteiger partial charge in [0.1, 0.15) is 24.3 Å². The minimum atomic E-state index is -4.50. The van der Waals surface area contributed by atoms with E-state index in [2.05, 4.69) is 25.2 Å². The van der Waals surface area contributed by atoms with Crippen molar-refractivity contribution in [2.24, 2.45) is 0 Å². The molecule has 10 nitrogen and oxygen atoms in total. The van der Waals surface area contributed by atoms with Gasteiger partial charge in [-0.25, -0.2) is 19.7 Å². The Morgan fingerprint density at radius 3 is 2.77 bits per heavy atom. The van der Waals surface area contributed by atoms with E-state index in [9.17, 15) is 18.0 Å². The van der Waals surface area contributed by atoms with Crippen LogP contribution in [0.2, 0.25) is 0 Å². The number of rotatable bonds is 5. The number of aromatic nitrogens is 3. The van der Waals surface area contributed by atoms with Gasteiger partial charge in [-0.3, -0.25) is 10.2 Å². The van der Waals surface area contributed by atoms with Crippen molar-refractivity contribution in [3.63, 3.8) is 0 Å². The molecule has 210 valence electrons. The molecule has 2 aromatic heterocycles. The van der Waals surface area contributed by atoms with Crippen molar-refractivity contribution in [1.82, 2.24) is 15.0 Å². The number of carbonyl (C=O) groups is 1. The van der Waals surface area contributed by atoms with Crippen LogP contribution in [0.5, 0.6) is 5.75 Å². The predicted octanol–water partition coefficient (Wildman–Crippen LogP) is 4.72. The fourth-order valence-electron chi connectivity index (χ4n) is 5.09. The molecule has 0 saturated carbocycles. The second-order valence-corrected chi connectivity index (χ2v) is 10.3. The van der Waals surface area contributed by atoms with Gasteiger partial charge in [-0.1, -0.05) is 12.1 Å². The third kappa shape index (κ3) is 5.26. The first-order valence-corrected chi connectivity index (χ1v) is 12.9. The molecule has 2 bridgehead atoms. The van der Waals surface area contributed by atoms with Gasteiger partial charge < -0.3 is 19.1 Å². The van der Waals surface area contributed by atoms with Crippen LogP contribution >= 0.6 is 0 Å². The van der Waals surface area contributed by atoms with Crippen molar-refractivity contribution in [3.05, 3.63) is 54.4 Å². The quantitative estimate of drug-likeness (QED) is 0.482. The molecule has 6 rings (SSSR count). The van der Waals surface area contributed by atoms with Gasteiger partial charge in [0.25, 0.3) is 0 Å². The van der Waals surface area contributed by atoms with Crippen LogP contribution in [0.1, 0.15) is 25.8 Å². The van der Waals surface area contributed by atoms with Gasteiger partial charge in [-0.15, -0.1) is 0 Å². The Balaban J connectivity index is 1.19. The molecule has 40 heavy (non-hydrogen) atoms. The van der Waals surface area contributed by atoms with E-state index in [0.717, 1.165) is 12.1 Å². The van der Waals surface area contributed by atoms with Crippen LogP contribution in [0.4, 0.5) is 35.3 Å². The van der Waals surface area contributed by atoms with Crippen LogP contribution in [0.25, 0.3) is 11.4 Å². The summed E-state index contributed by atoms with van der Waals surface area (Å²) in [5, 5.41) is 2.81. The van der Waals surface area contributed by atoms with Gasteiger partial charge >= 0.3 is 12.2 Å². The molecule has 0 radical (unpaired) electrons. The number of alkyl halides is 3. The molecule has 2 fully saturated rings. The minimum Gasteiger partial charge on any atom is -0.489 e. The van der Waals surface area contributed by atoms with Crippen molar-refractivity contribution in [2.75, 3.05) is 41.4 Å². The first-order chi connectivity index (χ1) is 19.1. The number of benzene rings is 1. The summed E-state index contributed by atoms with van der Waals surface area (Å²) in [6.07, 6.45) is -0.907. The van der Waals surface area contributed by atoms with E-state index >= 15 is 0 Å². The van der Waals surface area contributed by atoms with Crippen LogP contribution in [0.15, 0.2) is 48.8 Å². The number of amides is 2. The number of halogens is 3. The van der Waals surface area contributed by atoms with Crippen molar-refractivity contribution in [2.45, 2.75) is 44.4 Å². The highest BCUT2D eigenvalue weighted by atomic mass is 19.4. The zero-order valence-corrected chi connectivity index (χ0v) is 21.8. The van der Waals surface area contributed by atoms with Crippen molar-refractivity contribution in [3.8, 4) is 17.1 Å². The van der Waals surface area contributed by atoms with Gasteiger partial charge in [0.05, 0.1) is 36.3 Å². The summed E-state index contributed by atoms with van der Waals surface area (Å²) >= 11 is 0. The molecule has 1 aromatic carbocycles. The van der Waals surface area contributed by atoms with Crippen LogP contribution in [0, 0.1) is 0 Å². The molecule has 5 heterocycles. The SMILES string of the molecule is CC1(C)OC[C@H](COc2ccc(NC(=O)N3c4nc(-c5cccc(C(F)(F)F)c5)ncc4N4CC[C@H]3C4)nc2)O1. The van der Waals surface area contributed by atoms with Crippen molar-refractivity contribution >= 4 is 23.4 Å². The number of fused-ring (bicyclic) bond motifs is 4. The molecule has 13 heteroatoms. The molecule has 2 amide bonds. The molecule has 2 atom stereocenters. The highest BCUT2D eigenvalue weighted by Crippen LogP contribution is 2.40. The lowest BCUT2D eigenvalue weighted by atomic mass is 10.1. The standard InChI is InChI=1S/C27H27F3N6O4/c1-26(2)39-15-20(40-26)14-38-19-6-7-22(31-11-19)33-25(37)36-18-8-9-35(13-18)21-12-32-23(34-24(21)36)16-4-3-5-17(10-16)27(28,29)30/h3-7,10-12,18,20H,8-9,13-15H2,1-2H3,(H,31,33,37)/t18-,20-/m0/s1. The molecule has 0 unspecified atom stereocenters. The molecule has 2 saturated heterocycles. The lowest BCUT2D eigenvalue weighted by Crippen LogP contribution is -2.48. The van der Waals surface area contributed by atoms with Crippen LogP contribution < -0.4 is 19.9 Å². The predicted molar refractivity (Wildman–Crippen MR) is 139 cm³/mol. The molecular formula is C27H27F3N6O4. The maximum absolute atomic E-state index is 13.5. The first kappa shape index (κ1) is 26.3. The first-order valence-electron chi connectivity index (χ1n) is 12.9. The third-order valence-electron chi connectivity index (χ3n) is 6.99. The van der Waals surface area contributed by atoms with Crippen LogP contribution in [-0.4, -0.2) is 65.2 Å². The lowest BCUT2D eigenvalue weighted by molar-refractivity contribution is -0.141. The number of hydrogen-bond acceptors (Lipinski definition) is 8. The highest BCUT2D eigenvalue weighted by molar-refractivity contribution is 6.04. The highest BCUT2D eigenvalue weighted by Gasteiger charge is 2.41. The summed E-state index contributed by atoms with van der Waals surface area (Å²) < 4.78 is 56.8. The fourth-order valence-corrected chi connectivity index (χ4v) is 5.09. The number of anilines is 3. The number of nitrogens with one attached hydrogen (secondary N) is 1. The summed E-state index contributed by atoms with van der Waals surface area (Å²) in [6.45, 7) is 5.74. The molecule has 3 aliphatic rings. The maximum Gasteiger partial charge on any atom is 0.416 e. The summed E-state index contributed by atoms with van der Waals surface area (Å²) in [4.78, 5) is 30.3. The average molecular weight is 557 g/mol. The zero-order valence-electron chi connectivity index (χ0n) is 21.8. The fraction of sp³-hybridized carbons (Fsp3) is 0.407. The second-order valence-electron chi connectivity index (χ2n) is 10.3. The number of urea groups is 1. The van der Waals surface area contributed by atoms with E-state index in [4.69, 9.17) is 14.2 Å². The number of pyridine rings is 1. The number of hydrogen-bond donors (Lipinski definition) is 1. The van der Waals surface area contributed by atoms with Crippen molar-refractivity contribution < 1.29 is 32.2 Å². The number of carbonyl (C=O) groups excluding carboxylic acids is 1. The van der Waals surface area contributed by atoms with E-state index < -0.39 is 23.6 Å². The monoisotopic (exact) mass is 556 g/mol. The normalized spacial score (nSPS) is 21.3. The lowest BCUT2D eigenvalue weighted by Gasteiger charge is -2.35. The van der Waals surface area contributed by atoms with Gasteiger partial charge in [-0.2, -0.15) is 13.2 Å². The molecule has 3 aromatic rings. The van der Waals surface area contributed by atoms with Gasteiger partial charge in [0.2, 0.25) is 0 Å². The van der Waals surface area contributed by atoms with Gasteiger partial charge in [0, 0.05) is 18.7 Å². The molecule has 0 aliphatic carbocycles. The van der Waals surface area contributed by atoms with Crippen LogP contribution in [0.3, 0.4) is 0 Å². The van der Waals surface area contributed by atoms with Crippen molar-refractivity contribution in [1.29, 1.82) is 0 Å². The molecule has 1 N–H and O–H groups in total. The topological polar surface area (TPSA) is 102 Å². The van der Waals surface area contributed by atoms with E-state index in [1.165, 1.54) is 18.3 Å². The largest absolute Gasteiger partial charge is 0.489 e. The second kappa shape index (κ2) is 9.89. The molecular weight excluding hydrogens is 529 g/mol. The average Bonchev–Trinajstić information content (AvgIpc) is 3.50.